The predicted octanol–water partition coefficient (Wildman–Crippen LogP) is 1.47. The molecule has 0 radical (unpaired) electrons. The molecule has 124 valence electrons. The Labute approximate surface area is 135 Å². The number of nitrogens with zero attached hydrogens (tertiary/aromatic N) is 2. The molecule has 1 aromatic heterocycles. The van der Waals surface area contributed by atoms with Gasteiger partial charge in [-0.25, -0.2) is 4.98 Å². The van der Waals surface area contributed by atoms with Gasteiger partial charge in [-0.15, -0.1) is 0 Å². The van der Waals surface area contributed by atoms with Gasteiger partial charge >= 0.3 is 0 Å². The van der Waals surface area contributed by atoms with Crippen molar-refractivity contribution in [1.29, 1.82) is 0 Å². The average Bonchev–Trinajstić information content (AvgIpc) is 2.76. The topological polar surface area (TPSA) is 80.8 Å². The standard InChI is InChI=1S/C14H23N3O4S/c1-8-6-17(13(22)16-11(8)15)12-14(2,20-5)10(19-4)9(21-12)7-18-3/h6,9-10,12H,7H2,1-5H3,(H2,15,16,22)/t9-,10?,12-,14?/m1/s1. The van der Waals surface area contributed by atoms with Gasteiger partial charge in [0.1, 0.15) is 23.6 Å². The number of nitrogens with two attached hydrogens (primary N) is 1. The number of ether oxygens (including phenoxy) is 4. The van der Waals surface area contributed by atoms with Crippen molar-refractivity contribution >= 4 is 18.0 Å². The molecule has 0 amide bonds. The van der Waals surface area contributed by atoms with E-state index >= 15 is 0 Å². The molecule has 0 bridgehead atoms. The molecule has 2 unspecified atom stereocenters. The Morgan fingerprint density at radius 2 is 2.14 bits per heavy atom. The van der Waals surface area contributed by atoms with E-state index in [1.165, 1.54) is 0 Å². The number of rotatable bonds is 5. The maximum Gasteiger partial charge on any atom is 0.203 e. The highest BCUT2D eigenvalue weighted by atomic mass is 32.1. The van der Waals surface area contributed by atoms with E-state index in [0.29, 0.717) is 17.2 Å². The number of aryl methyl sites for hydroxylation is 1. The van der Waals surface area contributed by atoms with Crippen molar-refractivity contribution in [2.75, 3.05) is 33.7 Å². The molecule has 4 atom stereocenters. The summed E-state index contributed by atoms with van der Waals surface area (Å²) in [6.07, 6.45) is 0.767. The molecule has 2 N–H and O–H groups in total. The van der Waals surface area contributed by atoms with E-state index in [9.17, 15) is 0 Å². The Hall–Kier alpha value is -1.06. The Balaban J connectivity index is 2.49. The maximum absolute atomic E-state index is 6.11. The van der Waals surface area contributed by atoms with E-state index in [2.05, 4.69) is 4.98 Å². The molecule has 0 saturated carbocycles. The molecular formula is C14H23N3O4S. The van der Waals surface area contributed by atoms with E-state index in [1.54, 1.807) is 25.9 Å². The van der Waals surface area contributed by atoms with Crippen molar-refractivity contribution in [2.45, 2.75) is 37.9 Å². The molecule has 0 aromatic carbocycles. The molecule has 1 aliphatic heterocycles. The zero-order chi connectivity index (χ0) is 16.5. The van der Waals surface area contributed by atoms with Crippen LogP contribution in [-0.2, 0) is 18.9 Å². The van der Waals surface area contributed by atoms with Gasteiger partial charge in [0.2, 0.25) is 4.77 Å². The van der Waals surface area contributed by atoms with Gasteiger partial charge in [-0.05, 0) is 26.1 Å². The zero-order valence-corrected chi connectivity index (χ0v) is 14.3. The summed E-state index contributed by atoms with van der Waals surface area (Å²) in [7, 11) is 4.87. The molecule has 8 heteroatoms. The number of hydrogen-bond acceptors (Lipinski definition) is 7. The SMILES string of the molecule is COC[C@H]1O[C@@H](n2cc(C)c(N)nc2=S)C(C)(OC)C1OC. The first-order chi connectivity index (χ1) is 10.4. The van der Waals surface area contributed by atoms with Gasteiger partial charge in [0.15, 0.2) is 6.23 Å². The number of methoxy groups -OCH3 is 3. The molecule has 22 heavy (non-hydrogen) atoms. The second kappa shape index (κ2) is 6.59. The highest BCUT2D eigenvalue weighted by molar-refractivity contribution is 7.71. The van der Waals surface area contributed by atoms with Crippen molar-refractivity contribution in [3.63, 3.8) is 0 Å². The van der Waals surface area contributed by atoms with Crippen LogP contribution in [0.15, 0.2) is 6.20 Å². The van der Waals surface area contributed by atoms with Crippen LogP contribution in [0.25, 0.3) is 0 Å². The molecule has 1 saturated heterocycles. The first-order valence-electron chi connectivity index (χ1n) is 6.96. The number of nitrogen functional groups attached to an aromatic ring is 1. The summed E-state index contributed by atoms with van der Waals surface area (Å²) in [6.45, 7) is 4.19. The molecule has 2 rings (SSSR count). The summed E-state index contributed by atoms with van der Waals surface area (Å²) in [5.41, 5.74) is 5.89. The minimum Gasteiger partial charge on any atom is -0.383 e. The van der Waals surface area contributed by atoms with E-state index in [1.807, 2.05) is 20.0 Å². The minimum atomic E-state index is -0.736. The van der Waals surface area contributed by atoms with Crippen molar-refractivity contribution in [3.8, 4) is 0 Å². The van der Waals surface area contributed by atoms with Crippen LogP contribution in [0.2, 0.25) is 0 Å². The largest absolute Gasteiger partial charge is 0.383 e. The summed E-state index contributed by atoms with van der Waals surface area (Å²) >= 11 is 5.33. The minimum absolute atomic E-state index is 0.273. The normalized spacial score (nSPS) is 31.6. The second-order valence-corrected chi connectivity index (χ2v) is 5.89. The Kier molecular flexibility index (Phi) is 5.18. The summed E-state index contributed by atoms with van der Waals surface area (Å²) in [5, 5.41) is 0. The molecule has 7 nitrogen and oxygen atoms in total. The fourth-order valence-corrected chi connectivity index (χ4v) is 3.11. The third kappa shape index (κ3) is 2.77. The first-order valence-corrected chi connectivity index (χ1v) is 7.37. The van der Waals surface area contributed by atoms with Gasteiger partial charge in [0.05, 0.1) is 6.61 Å². The van der Waals surface area contributed by atoms with Crippen LogP contribution in [-0.4, -0.2) is 55.3 Å². The van der Waals surface area contributed by atoms with Crippen molar-refractivity contribution < 1.29 is 18.9 Å². The number of anilines is 1. The molecular weight excluding hydrogens is 306 g/mol. The maximum atomic E-state index is 6.11. The zero-order valence-electron chi connectivity index (χ0n) is 13.5. The lowest BCUT2D eigenvalue weighted by Gasteiger charge is -2.34. The summed E-state index contributed by atoms with van der Waals surface area (Å²) < 4.78 is 24.8. The highest BCUT2D eigenvalue weighted by Gasteiger charge is 2.55. The van der Waals surface area contributed by atoms with Crippen LogP contribution in [0.5, 0.6) is 0 Å². The van der Waals surface area contributed by atoms with Gasteiger partial charge in [-0.2, -0.15) is 0 Å². The van der Waals surface area contributed by atoms with E-state index < -0.39 is 11.8 Å². The van der Waals surface area contributed by atoms with Gasteiger partial charge in [0, 0.05) is 33.1 Å². The van der Waals surface area contributed by atoms with Crippen molar-refractivity contribution in [1.82, 2.24) is 9.55 Å². The van der Waals surface area contributed by atoms with Crippen LogP contribution >= 0.6 is 12.2 Å². The number of hydrogen-bond donors (Lipinski definition) is 1. The third-order valence-corrected chi connectivity index (χ3v) is 4.45. The Morgan fingerprint density at radius 1 is 1.45 bits per heavy atom. The van der Waals surface area contributed by atoms with Gasteiger partial charge in [0.25, 0.3) is 0 Å². The quantitative estimate of drug-likeness (QED) is 0.819. The smallest absolute Gasteiger partial charge is 0.203 e. The van der Waals surface area contributed by atoms with E-state index in [0.717, 1.165) is 5.56 Å². The van der Waals surface area contributed by atoms with Crippen LogP contribution in [0.4, 0.5) is 5.82 Å². The predicted molar refractivity (Wildman–Crippen MR) is 84.2 cm³/mol. The molecule has 0 aliphatic carbocycles. The number of aromatic nitrogens is 2. The lowest BCUT2D eigenvalue weighted by atomic mass is 9.95. The average molecular weight is 329 g/mol. The lowest BCUT2D eigenvalue weighted by Crippen LogP contribution is -2.47. The van der Waals surface area contributed by atoms with Crippen LogP contribution < -0.4 is 5.73 Å². The second-order valence-electron chi connectivity index (χ2n) is 5.53. The summed E-state index contributed by atoms with van der Waals surface area (Å²) in [4.78, 5) is 4.19. The molecule has 1 fully saturated rings. The van der Waals surface area contributed by atoms with Crippen LogP contribution in [0.3, 0.4) is 0 Å². The summed E-state index contributed by atoms with van der Waals surface area (Å²) in [5.74, 6) is 0.412. The van der Waals surface area contributed by atoms with Gasteiger partial charge in [-0.3, -0.25) is 4.57 Å². The van der Waals surface area contributed by atoms with Crippen molar-refractivity contribution in [3.05, 3.63) is 16.5 Å². The molecule has 1 aromatic rings. The monoisotopic (exact) mass is 329 g/mol. The van der Waals surface area contributed by atoms with Gasteiger partial charge < -0.3 is 24.7 Å². The molecule has 0 spiro atoms. The van der Waals surface area contributed by atoms with E-state index in [4.69, 9.17) is 36.9 Å². The first kappa shape index (κ1) is 17.3. The lowest BCUT2D eigenvalue weighted by molar-refractivity contribution is -0.127. The van der Waals surface area contributed by atoms with Crippen LogP contribution in [0.1, 0.15) is 18.7 Å². The Bertz CT molecular complexity index is 594. The van der Waals surface area contributed by atoms with E-state index in [-0.39, 0.29) is 12.2 Å². The van der Waals surface area contributed by atoms with Crippen LogP contribution in [0, 0.1) is 11.7 Å². The fraction of sp³-hybridized carbons (Fsp3) is 0.714. The third-order valence-electron chi connectivity index (χ3n) is 4.15. The summed E-state index contributed by atoms with van der Waals surface area (Å²) in [6, 6.07) is 0. The molecule has 2 heterocycles. The fourth-order valence-electron chi connectivity index (χ4n) is 2.86. The molecule has 1 aliphatic rings. The van der Waals surface area contributed by atoms with Gasteiger partial charge in [-0.1, -0.05) is 0 Å². The highest BCUT2D eigenvalue weighted by Crippen LogP contribution is 2.42. The van der Waals surface area contributed by atoms with Crippen molar-refractivity contribution in [2.24, 2.45) is 0 Å². The Morgan fingerprint density at radius 3 is 2.68 bits per heavy atom.